The highest BCUT2D eigenvalue weighted by Gasteiger charge is 2.26. The molecule has 1 aromatic heterocycles. The second kappa shape index (κ2) is 4.25. The van der Waals surface area contributed by atoms with Gasteiger partial charge in [0.05, 0.1) is 5.69 Å². The molecule has 1 rings (SSSR count). The summed E-state index contributed by atoms with van der Waals surface area (Å²) < 4.78 is 1.69. The van der Waals surface area contributed by atoms with Crippen LogP contribution in [0.5, 0.6) is 5.88 Å². The molecular formula is C12H22N2O. The molecule has 0 aliphatic heterocycles. The van der Waals surface area contributed by atoms with E-state index in [0.717, 1.165) is 30.6 Å². The molecule has 0 atom stereocenters. The Morgan fingerprint density at radius 2 is 1.87 bits per heavy atom. The van der Waals surface area contributed by atoms with Gasteiger partial charge in [-0.3, -0.25) is 0 Å². The van der Waals surface area contributed by atoms with E-state index in [0.29, 0.717) is 5.88 Å². The first-order valence-electron chi connectivity index (χ1n) is 5.70. The molecule has 0 saturated carbocycles. The van der Waals surface area contributed by atoms with Crippen LogP contribution in [0.15, 0.2) is 0 Å². The van der Waals surface area contributed by atoms with Gasteiger partial charge in [-0.25, -0.2) is 4.68 Å². The van der Waals surface area contributed by atoms with Crippen LogP contribution in [0.4, 0.5) is 0 Å². The van der Waals surface area contributed by atoms with E-state index in [1.165, 1.54) is 0 Å². The van der Waals surface area contributed by atoms with E-state index in [2.05, 4.69) is 32.8 Å². The first kappa shape index (κ1) is 12.1. The van der Waals surface area contributed by atoms with E-state index in [4.69, 9.17) is 0 Å². The topological polar surface area (TPSA) is 38.0 Å². The zero-order chi connectivity index (χ0) is 11.6. The van der Waals surface area contributed by atoms with Gasteiger partial charge in [0.15, 0.2) is 0 Å². The van der Waals surface area contributed by atoms with Crippen molar-refractivity contribution in [2.75, 3.05) is 0 Å². The standard InChI is InChI=1S/C12H22N2O/c1-6-8-9-10(12(3,4)5)11(15)14(7-2)13-9/h15H,6-8H2,1-5H3. The second-order valence-corrected chi connectivity index (χ2v) is 4.96. The van der Waals surface area contributed by atoms with Gasteiger partial charge < -0.3 is 5.11 Å². The minimum Gasteiger partial charge on any atom is -0.493 e. The fourth-order valence-electron chi connectivity index (χ4n) is 1.90. The van der Waals surface area contributed by atoms with E-state index >= 15 is 0 Å². The van der Waals surface area contributed by atoms with Crippen LogP contribution in [0, 0.1) is 0 Å². The van der Waals surface area contributed by atoms with Gasteiger partial charge in [0.1, 0.15) is 0 Å². The van der Waals surface area contributed by atoms with E-state index in [1.807, 2.05) is 6.92 Å². The van der Waals surface area contributed by atoms with Gasteiger partial charge in [0.25, 0.3) is 0 Å². The molecule has 0 spiro atoms. The molecule has 0 fully saturated rings. The number of hydrogen-bond donors (Lipinski definition) is 1. The zero-order valence-electron chi connectivity index (χ0n) is 10.5. The molecule has 0 aromatic carbocycles. The molecule has 3 heteroatoms. The lowest BCUT2D eigenvalue weighted by Crippen LogP contribution is -2.13. The first-order valence-corrected chi connectivity index (χ1v) is 5.70. The summed E-state index contributed by atoms with van der Waals surface area (Å²) >= 11 is 0. The maximum atomic E-state index is 10.1. The maximum absolute atomic E-state index is 10.1. The van der Waals surface area contributed by atoms with Gasteiger partial charge in [0.2, 0.25) is 5.88 Å². The Hall–Kier alpha value is -0.990. The lowest BCUT2D eigenvalue weighted by atomic mass is 9.86. The summed E-state index contributed by atoms with van der Waals surface area (Å²) in [6.07, 6.45) is 2.00. The molecule has 1 heterocycles. The molecule has 0 saturated heterocycles. The SMILES string of the molecule is CCCc1nn(CC)c(O)c1C(C)(C)C. The fraction of sp³-hybridized carbons (Fsp3) is 0.750. The van der Waals surface area contributed by atoms with Crippen LogP contribution in [0.1, 0.15) is 52.3 Å². The molecule has 3 nitrogen and oxygen atoms in total. The van der Waals surface area contributed by atoms with Gasteiger partial charge in [-0.05, 0) is 18.8 Å². The summed E-state index contributed by atoms with van der Waals surface area (Å²) in [4.78, 5) is 0. The summed E-state index contributed by atoms with van der Waals surface area (Å²) in [6, 6.07) is 0. The average molecular weight is 210 g/mol. The molecule has 15 heavy (non-hydrogen) atoms. The van der Waals surface area contributed by atoms with Crippen molar-refractivity contribution in [1.82, 2.24) is 9.78 Å². The third-order valence-corrected chi connectivity index (χ3v) is 2.53. The Morgan fingerprint density at radius 1 is 1.27 bits per heavy atom. The van der Waals surface area contributed by atoms with Crippen LogP contribution >= 0.6 is 0 Å². The number of rotatable bonds is 3. The Morgan fingerprint density at radius 3 is 2.27 bits per heavy atom. The van der Waals surface area contributed by atoms with Gasteiger partial charge in [-0.1, -0.05) is 34.1 Å². The van der Waals surface area contributed by atoms with Crippen molar-refractivity contribution in [2.24, 2.45) is 0 Å². The monoisotopic (exact) mass is 210 g/mol. The molecule has 0 aliphatic carbocycles. The third-order valence-electron chi connectivity index (χ3n) is 2.53. The van der Waals surface area contributed by atoms with Crippen LogP contribution in [-0.2, 0) is 18.4 Å². The van der Waals surface area contributed by atoms with Crippen LogP contribution in [0.3, 0.4) is 0 Å². The lowest BCUT2D eigenvalue weighted by Gasteiger charge is -2.18. The van der Waals surface area contributed by atoms with E-state index in [1.54, 1.807) is 4.68 Å². The van der Waals surface area contributed by atoms with Crippen molar-refractivity contribution in [3.63, 3.8) is 0 Å². The third kappa shape index (κ3) is 2.33. The number of aryl methyl sites for hydroxylation is 2. The Balaban J connectivity index is 3.26. The van der Waals surface area contributed by atoms with Crippen molar-refractivity contribution >= 4 is 0 Å². The van der Waals surface area contributed by atoms with Crippen LogP contribution in [0.25, 0.3) is 0 Å². The average Bonchev–Trinajstić information content (AvgIpc) is 2.42. The minimum absolute atomic E-state index is 0.0397. The van der Waals surface area contributed by atoms with Crippen molar-refractivity contribution in [3.05, 3.63) is 11.3 Å². The van der Waals surface area contributed by atoms with E-state index in [9.17, 15) is 5.11 Å². The van der Waals surface area contributed by atoms with Crippen molar-refractivity contribution in [2.45, 2.75) is 59.4 Å². The normalized spacial score (nSPS) is 12.1. The minimum atomic E-state index is -0.0397. The summed E-state index contributed by atoms with van der Waals surface area (Å²) in [5.41, 5.74) is 2.01. The molecule has 86 valence electrons. The van der Waals surface area contributed by atoms with Crippen LogP contribution in [-0.4, -0.2) is 14.9 Å². The van der Waals surface area contributed by atoms with Crippen molar-refractivity contribution in [1.29, 1.82) is 0 Å². The number of nitrogens with zero attached hydrogens (tertiary/aromatic N) is 2. The molecule has 0 unspecified atom stereocenters. The van der Waals surface area contributed by atoms with Gasteiger partial charge >= 0.3 is 0 Å². The highest BCUT2D eigenvalue weighted by Crippen LogP contribution is 2.34. The first-order chi connectivity index (χ1) is 6.91. The maximum Gasteiger partial charge on any atom is 0.213 e. The Bertz CT molecular complexity index is 334. The molecular weight excluding hydrogens is 188 g/mol. The largest absolute Gasteiger partial charge is 0.493 e. The summed E-state index contributed by atoms with van der Waals surface area (Å²) in [7, 11) is 0. The summed E-state index contributed by atoms with van der Waals surface area (Å²) in [5.74, 6) is 0.341. The molecule has 0 aliphatic rings. The predicted octanol–water partition coefficient (Wildman–Crippen LogP) is 2.86. The lowest BCUT2D eigenvalue weighted by molar-refractivity contribution is 0.389. The molecule has 1 N–H and O–H groups in total. The quantitative estimate of drug-likeness (QED) is 0.833. The summed E-state index contributed by atoms with van der Waals surface area (Å²) in [6.45, 7) is 11.2. The molecule has 0 bridgehead atoms. The highest BCUT2D eigenvalue weighted by molar-refractivity contribution is 5.37. The van der Waals surface area contributed by atoms with Crippen molar-refractivity contribution in [3.8, 4) is 5.88 Å². The van der Waals surface area contributed by atoms with Gasteiger partial charge in [-0.2, -0.15) is 5.10 Å². The number of aromatic hydroxyl groups is 1. The fourth-order valence-corrected chi connectivity index (χ4v) is 1.90. The smallest absolute Gasteiger partial charge is 0.213 e. The number of aromatic nitrogens is 2. The van der Waals surface area contributed by atoms with Crippen LogP contribution in [0.2, 0.25) is 0 Å². The van der Waals surface area contributed by atoms with Gasteiger partial charge in [0, 0.05) is 12.1 Å². The van der Waals surface area contributed by atoms with E-state index < -0.39 is 0 Å². The van der Waals surface area contributed by atoms with E-state index in [-0.39, 0.29) is 5.41 Å². The zero-order valence-corrected chi connectivity index (χ0v) is 10.5. The van der Waals surface area contributed by atoms with Gasteiger partial charge in [-0.15, -0.1) is 0 Å². The van der Waals surface area contributed by atoms with Crippen LogP contribution < -0.4 is 0 Å². The Labute approximate surface area is 92.1 Å². The second-order valence-electron chi connectivity index (χ2n) is 4.96. The molecule has 0 radical (unpaired) electrons. The highest BCUT2D eigenvalue weighted by atomic mass is 16.3. The number of hydrogen-bond acceptors (Lipinski definition) is 2. The predicted molar refractivity (Wildman–Crippen MR) is 62.3 cm³/mol. The summed E-state index contributed by atoms with van der Waals surface area (Å²) in [5, 5.41) is 14.5. The Kier molecular flexibility index (Phi) is 3.42. The molecule has 1 aromatic rings. The van der Waals surface area contributed by atoms with Crippen molar-refractivity contribution < 1.29 is 5.11 Å². The molecule has 0 amide bonds.